The van der Waals surface area contributed by atoms with E-state index in [2.05, 4.69) is 20.8 Å². The van der Waals surface area contributed by atoms with Crippen molar-refractivity contribution < 1.29 is 22.7 Å². The fourth-order valence-corrected chi connectivity index (χ4v) is 4.86. The van der Waals surface area contributed by atoms with Gasteiger partial charge < -0.3 is 10.1 Å². The summed E-state index contributed by atoms with van der Waals surface area (Å²) in [6.45, 7) is 1.91. The predicted molar refractivity (Wildman–Crippen MR) is 139 cm³/mol. The highest BCUT2D eigenvalue weighted by Gasteiger charge is 2.35. The number of methoxy groups -OCH3 is 1. The Morgan fingerprint density at radius 2 is 1.85 bits per heavy atom. The van der Waals surface area contributed by atoms with Gasteiger partial charge in [0.1, 0.15) is 17.3 Å². The summed E-state index contributed by atoms with van der Waals surface area (Å²) in [6.07, 6.45) is 3.11. The summed E-state index contributed by atoms with van der Waals surface area (Å²) in [4.78, 5) is 15.3. The highest BCUT2D eigenvalue weighted by Crippen LogP contribution is 2.31. The molecule has 2 N–H and O–H groups in total. The first kappa shape index (κ1) is 26.4. The van der Waals surface area contributed by atoms with Gasteiger partial charge in [0.25, 0.3) is 0 Å². The molecule has 1 saturated heterocycles. The molecule has 5 rings (SSSR count). The van der Waals surface area contributed by atoms with Crippen LogP contribution in [0.1, 0.15) is 11.5 Å². The lowest BCUT2D eigenvalue weighted by Crippen LogP contribution is -2.42. The van der Waals surface area contributed by atoms with Crippen LogP contribution in [0, 0.1) is 17.5 Å². The van der Waals surface area contributed by atoms with Gasteiger partial charge in [-0.3, -0.25) is 14.9 Å². The average Bonchev–Trinajstić information content (AvgIpc) is 3.60. The summed E-state index contributed by atoms with van der Waals surface area (Å²) in [7, 11) is 3.30. The van der Waals surface area contributed by atoms with Crippen LogP contribution < -0.4 is 10.6 Å². The van der Waals surface area contributed by atoms with Crippen LogP contribution >= 0.6 is 0 Å². The maximum Gasteiger partial charge on any atom is 0.320 e. The van der Waals surface area contributed by atoms with E-state index in [-0.39, 0.29) is 11.5 Å². The second-order valence-corrected chi connectivity index (χ2v) is 9.43. The number of carbonyl (C=O) groups is 1. The quantitative estimate of drug-likeness (QED) is 0.354. The standard InChI is InChI=1S/C27H28F3N7O2/c1-35-14-18(13-31-35)25-24(30)26(37(34-25)21-6-4-3-5-7-21)33-27(38)32-23-16-36(8-9-39-2)15-22(23)17-10-19(28)12-20(29)11-17/h3-7,10-14,22-23H,8-9,15-16H2,1-2H3,(H2,32,33,38)/t22-,23+/m0/s1. The van der Waals surface area contributed by atoms with Crippen molar-refractivity contribution in [1.29, 1.82) is 0 Å². The number of anilines is 1. The molecule has 0 aliphatic carbocycles. The molecule has 39 heavy (non-hydrogen) atoms. The Labute approximate surface area is 223 Å². The molecular formula is C27H28F3N7O2. The number of carbonyl (C=O) groups excluding carboxylic acids is 1. The fraction of sp³-hybridized carbons (Fsp3) is 0.296. The molecule has 2 aromatic heterocycles. The van der Waals surface area contributed by atoms with Crippen LogP contribution in [0.3, 0.4) is 0 Å². The van der Waals surface area contributed by atoms with Gasteiger partial charge in [-0.2, -0.15) is 10.2 Å². The number of urea groups is 1. The van der Waals surface area contributed by atoms with Gasteiger partial charge in [-0.05, 0) is 29.8 Å². The lowest BCUT2D eigenvalue weighted by molar-refractivity contribution is 0.159. The summed E-state index contributed by atoms with van der Waals surface area (Å²) in [5, 5.41) is 14.0. The SMILES string of the molecule is COCCN1C[C@@H](NC(=O)Nc2c(F)c(-c3cnn(C)c3)nn2-c2ccccc2)[C@H](c2cc(F)cc(F)c2)C1. The van der Waals surface area contributed by atoms with Crippen molar-refractivity contribution in [2.45, 2.75) is 12.0 Å². The molecule has 4 aromatic rings. The van der Waals surface area contributed by atoms with E-state index in [1.807, 2.05) is 11.0 Å². The van der Waals surface area contributed by atoms with Crippen molar-refractivity contribution >= 4 is 11.8 Å². The van der Waals surface area contributed by atoms with E-state index in [0.717, 1.165) is 6.07 Å². The number of aryl methyl sites for hydroxylation is 1. The molecule has 1 aliphatic rings. The van der Waals surface area contributed by atoms with Gasteiger partial charge in [0.15, 0.2) is 11.6 Å². The molecule has 1 aliphatic heterocycles. The van der Waals surface area contributed by atoms with E-state index in [4.69, 9.17) is 4.74 Å². The molecule has 1 fully saturated rings. The molecule has 9 nitrogen and oxygen atoms in total. The first-order valence-electron chi connectivity index (χ1n) is 12.4. The van der Waals surface area contributed by atoms with Gasteiger partial charge in [-0.15, -0.1) is 0 Å². The number of rotatable bonds is 8. The number of hydrogen-bond acceptors (Lipinski definition) is 5. The van der Waals surface area contributed by atoms with Crippen LogP contribution in [0.4, 0.5) is 23.8 Å². The first-order chi connectivity index (χ1) is 18.8. The van der Waals surface area contributed by atoms with Crippen LogP contribution in [-0.2, 0) is 11.8 Å². The number of likely N-dealkylation sites (tertiary alicyclic amines) is 1. The Balaban J connectivity index is 1.42. The second-order valence-electron chi connectivity index (χ2n) is 9.43. The Morgan fingerprint density at radius 1 is 1.10 bits per heavy atom. The van der Waals surface area contributed by atoms with E-state index in [9.17, 15) is 13.6 Å². The van der Waals surface area contributed by atoms with Crippen LogP contribution in [0.25, 0.3) is 16.9 Å². The summed E-state index contributed by atoms with van der Waals surface area (Å²) >= 11 is 0. The van der Waals surface area contributed by atoms with Gasteiger partial charge in [0, 0.05) is 57.5 Å². The molecule has 0 unspecified atom stereocenters. The minimum absolute atomic E-state index is 0.0296. The first-order valence-corrected chi connectivity index (χ1v) is 12.4. The third-order valence-electron chi connectivity index (χ3n) is 6.68. The van der Waals surface area contributed by atoms with Crippen molar-refractivity contribution in [3.8, 4) is 16.9 Å². The van der Waals surface area contributed by atoms with Crippen LogP contribution in [-0.4, -0.2) is 69.9 Å². The number of aromatic nitrogens is 4. The number of benzene rings is 2. The van der Waals surface area contributed by atoms with Crippen molar-refractivity contribution in [3.05, 3.63) is 83.9 Å². The maximum atomic E-state index is 15.7. The van der Waals surface area contributed by atoms with Crippen LogP contribution in [0.5, 0.6) is 0 Å². The van der Waals surface area contributed by atoms with Crippen molar-refractivity contribution in [2.75, 3.05) is 38.7 Å². The smallest absolute Gasteiger partial charge is 0.320 e. The van der Waals surface area contributed by atoms with Gasteiger partial charge in [-0.1, -0.05) is 18.2 Å². The summed E-state index contributed by atoms with van der Waals surface area (Å²) < 4.78 is 51.8. The largest absolute Gasteiger partial charge is 0.383 e. The molecule has 0 radical (unpaired) electrons. The van der Waals surface area contributed by atoms with Gasteiger partial charge in [0.05, 0.1) is 24.5 Å². The number of nitrogens with one attached hydrogen (secondary N) is 2. The van der Waals surface area contributed by atoms with Gasteiger partial charge in [0.2, 0.25) is 0 Å². The zero-order valence-electron chi connectivity index (χ0n) is 21.4. The minimum atomic E-state index is -0.723. The molecule has 0 saturated carbocycles. The summed E-state index contributed by atoms with van der Waals surface area (Å²) in [6, 6.07) is 11.0. The lowest BCUT2D eigenvalue weighted by Gasteiger charge is -2.21. The molecular weight excluding hydrogens is 511 g/mol. The van der Waals surface area contributed by atoms with E-state index in [1.165, 1.54) is 27.7 Å². The lowest BCUT2D eigenvalue weighted by atomic mass is 9.94. The number of para-hydroxylation sites is 1. The molecule has 0 bridgehead atoms. The Bertz CT molecular complexity index is 1440. The Hall–Kier alpha value is -4.16. The zero-order chi connectivity index (χ0) is 27.5. The molecule has 0 spiro atoms. The van der Waals surface area contributed by atoms with E-state index in [1.54, 1.807) is 44.6 Å². The number of amides is 2. The van der Waals surface area contributed by atoms with Crippen molar-refractivity contribution in [3.63, 3.8) is 0 Å². The molecule has 12 heteroatoms. The minimum Gasteiger partial charge on any atom is -0.383 e. The molecule has 2 amide bonds. The van der Waals surface area contributed by atoms with Crippen molar-refractivity contribution in [2.24, 2.45) is 7.05 Å². The maximum absolute atomic E-state index is 15.7. The van der Waals surface area contributed by atoms with Gasteiger partial charge in [-0.25, -0.2) is 22.6 Å². The van der Waals surface area contributed by atoms with Crippen molar-refractivity contribution in [1.82, 2.24) is 29.8 Å². The Kier molecular flexibility index (Phi) is 7.66. The number of nitrogens with zero attached hydrogens (tertiary/aromatic N) is 5. The third-order valence-corrected chi connectivity index (χ3v) is 6.68. The normalized spacial score (nSPS) is 17.5. The average molecular weight is 540 g/mol. The highest BCUT2D eigenvalue weighted by molar-refractivity contribution is 5.90. The fourth-order valence-electron chi connectivity index (χ4n) is 4.86. The summed E-state index contributed by atoms with van der Waals surface area (Å²) in [5.74, 6) is -2.66. The number of hydrogen-bond donors (Lipinski definition) is 2. The Morgan fingerprint density at radius 3 is 2.51 bits per heavy atom. The number of halogens is 3. The van der Waals surface area contributed by atoms with Gasteiger partial charge >= 0.3 is 6.03 Å². The highest BCUT2D eigenvalue weighted by atomic mass is 19.1. The van der Waals surface area contributed by atoms with E-state index >= 15 is 4.39 Å². The van der Waals surface area contributed by atoms with Crippen LogP contribution in [0.2, 0.25) is 0 Å². The van der Waals surface area contributed by atoms with E-state index < -0.39 is 35.4 Å². The molecule has 204 valence electrons. The third kappa shape index (κ3) is 5.81. The second kappa shape index (κ2) is 11.3. The predicted octanol–water partition coefficient (Wildman–Crippen LogP) is 3.93. The molecule has 2 atom stereocenters. The number of ether oxygens (including phenoxy) is 1. The summed E-state index contributed by atoms with van der Waals surface area (Å²) in [5.41, 5.74) is 1.45. The van der Waals surface area contributed by atoms with E-state index in [0.29, 0.717) is 43.1 Å². The van der Waals surface area contributed by atoms with Crippen LogP contribution in [0.15, 0.2) is 60.9 Å². The zero-order valence-corrected chi connectivity index (χ0v) is 21.4. The topological polar surface area (TPSA) is 89.2 Å². The molecule has 3 heterocycles. The monoisotopic (exact) mass is 539 g/mol. The molecule has 2 aromatic carbocycles.